The molecule has 0 aliphatic heterocycles. The van der Waals surface area contributed by atoms with Gasteiger partial charge in [-0.15, -0.1) is 5.10 Å². The number of hydrogen-bond acceptors (Lipinski definition) is 4. The number of halogens is 3. The molecule has 3 aromatic rings. The summed E-state index contributed by atoms with van der Waals surface area (Å²) in [7, 11) is 0. The van der Waals surface area contributed by atoms with Crippen LogP contribution in [0, 0.1) is 0 Å². The van der Waals surface area contributed by atoms with Crippen molar-refractivity contribution in [2.24, 2.45) is 0 Å². The van der Waals surface area contributed by atoms with Crippen LogP contribution in [0.3, 0.4) is 0 Å². The monoisotopic (exact) mass is 270 g/mol. The van der Waals surface area contributed by atoms with E-state index in [2.05, 4.69) is 19.6 Å². The van der Waals surface area contributed by atoms with E-state index in [4.69, 9.17) is 0 Å². The Morgan fingerprint density at radius 3 is 2.72 bits per heavy atom. The van der Waals surface area contributed by atoms with E-state index in [1.54, 1.807) is 0 Å². The molecule has 0 aliphatic rings. The Labute approximate surface area is 103 Å². The predicted octanol–water partition coefficient (Wildman–Crippen LogP) is 3.10. The van der Waals surface area contributed by atoms with Gasteiger partial charge in [-0.1, -0.05) is 4.49 Å². The smallest absolute Gasteiger partial charge is 0.337 e. The highest BCUT2D eigenvalue weighted by Gasteiger charge is 2.30. The lowest BCUT2D eigenvalue weighted by Gasteiger charge is -2.05. The zero-order valence-corrected chi connectivity index (χ0v) is 9.51. The van der Waals surface area contributed by atoms with E-state index in [9.17, 15) is 13.2 Å². The molecule has 0 unspecified atom stereocenters. The minimum atomic E-state index is -4.36. The van der Waals surface area contributed by atoms with Crippen LogP contribution in [0.4, 0.5) is 13.2 Å². The highest BCUT2D eigenvalue weighted by Crippen LogP contribution is 2.31. The molecule has 0 spiro atoms. The van der Waals surface area contributed by atoms with Crippen molar-refractivity contribution in [2.75, 3.05) is 0 Å². The van der Waals surface area contributed by atoms with Gasteiger partial charge in [0.15, 0.2) is 5.82 Å². The number of nitrogens with zero attached hydrogens (tertiary/aromatic N) is 3. The van der Waals surface area contributed by atoms with Gasteiger partial charge in [0.25, 0.3) is 0 Å². The molecule has 0 amide bonds. The average molecular weight is 270 g/mol. The molecule has 92 valence electrons. The van der Waals surface area contributed by atoms with Gasteiger partial charge in [-0.25, -0.2) is 4.98 Å². The first-order valence-corrected chi connectivity index (χ1v) is 5.66. The quantitative estimate of drug-likeness (QED) is 0.739. The molecule has 1 N–H and O–H groups in total. The third-order valence-corrected chi connectivity index (χ3v) is 3.08. The van der Waals surface area contributed by atoms with Crippen LogP contribution in [0.2, 0.25) is 0 Å². The molecule has 0 fully saturated rings. The Hall–Kier alpha value is -1.96. The van der Waals surface area contributed by atoms with Crippen molar-refractivity contribution in [3.8, 4) is 10.7 Å². The molecule has 0 saturated carbocycles. The number of H-pyrrole nitrogens is 1. The Morgan fingerprint density at radius 2 is 2.06 bits per heavy atom. The lowest BCUT2D eigenvalue weighted by Crippen LogP contribution is -2.04. The van der Waals surface area contributed by atoms with Crippen molar-refractivity contribution < 1.29 is 13.2 Å². The number of nitrogens with one attached hydrogen (secondary N) is 1. The molecule has 0 bridgehead atoms. The van der Waals surface area contributed by atoms with Crippen LogP contribution < -0.4 is 0 Å². The summed E-state index contributed by atoms with van der Waals surface area (Å²) in [6.07, 6.45) is -2.85. The van der Waals surface area contributed by atoms with Crippen LogP contribution in [-0.2, 0) is 6.18 Å². The van der Waals surface area contributed by atoms with Gasteiger partial charge >= 0.3 is 6.18 Å². The van der Waals surface area contributed by atoms with Crippen LogP contribution in [0.5, 0.6) is 0 Å². The molecule has 0 radical (unpaired) electrons. The molecule has 3 rings (SSSR count). The van der Waals surface area contributed by atoms with Crippen molar-refractivity contribution in [2.45, 2.75) is 6.18 Å². The van der Waals surface area contributed by atoms with Gasteiger partial charge in [0, 0.05) is 0 Å². The summed E-state index contributed by atoms with van der Waals surface area (Å²) in [5.41, 5.74) is 0.118. The van der Waals surface area contributed by atoms with Crippen LogP contribution in [0.15, 0.2) is 24.4 Å². The van der Waals surface area contributed by atoms with Gasteiger partial charge in [0.05, 0.1) is 22.8 Å². The Bertz CT molecular complexity index is 687. The minimum Gasteiger partial charge on any atom is -0.337 e. The Kier molecular flexibility index (Phi) is 2.34. The topological polar surface area (TPSA) is 54.5 Å². The minimum absolute atomic E-state index is 0.341. The predicted molar refractivity (Wildman–Crippen MR) is 60.0 cm³/mol. The van der Waals surface area contributed by atoms with Gasteiger partial charge in [-0.05, 0) is 29.7 Å². The van der Waals surface area contributed by atoms with E-state index in [0.29, 0.717) is 21.7 Å². The third-order valence-electron chi connectivity index (χ3n) is 2.40. The van der Waals surface area contributed by atoms with Crippen molar-refractivity contribution in [1.29, 1.82) is 0 Å². The molecular weight excluding hydrogens is 265 g/mol. The number of rotatable bonds is 1. The van der Waals surface area contributed by atoms with Crippen molar-refractivity contribution in [1.82, 2.24) is 19.6 Å². The summed E-state index contributed by atoms with van der Waals surface area (Å²) in [6, 6.07) is 3.39. The van der Waals surface area contributed by atoms with E-state index in [0.717, 1.165) is 23.7 Å². The van der Waals surface area contributed by atoms with E-state index < -0.39 is 11.7 Å². The molecule has 0 aliphatic carbocycles. The normalized spacial score (nSPS) is 12.2. The standard InChI is InChI=1S/C10H5F3N4S/c11-10(12,13)5-1-2-6-7(3-5)16-9(15-6)8-4-14-17-18-8/h1-4H,(H,15,16). The zero-order chi connectivity index (χ0) is 12.8. The number of hydrogen-bond donors (Lipinski definition) is 1. The first-order chi connectivity index (χ1) is 8.54. The lowest BCUT2D eigenvalue weighted by atomic mass is 10.2. The molecule has 18 heavy (non-hydrogen) atoms. The summed E-state index contributed by atoms with van der Waals surface area (Å²) in [6.45, 7) is 0. The number of aromatic amines is 1. The van der Waals surface area contributed by atoms with Crippen LogP contribution in [0.1, 0.15) is 5.56 Å². The van der Waals surface area contributed by atoms with Gasteiger partial charge in [-0.2, -0.15) is 13.2 Å². The molecule has 1 aromatic carbocycles. The number of fused-ring (bicyclic) bond motifs is 1. The molecular formula is C10H5F3N4S. The van der Waals surface area contributed by atoms with Crippen LogP contribution in [0.25, 0.3) is 21.7 Å². The molecule has 2 aromatic heterocycles. The fraction of sp³-hybridized carbons (Fsp3) is 0.100. The maximum Gasteiger partial charge on any atom is 0.416 e. The molecule has 0 saturated heterocycles. The number of benzene rings is 1. The van der Waals surface area contributed by atoms with E-state index >= 15 is 0 Å². The second-order valence-electron chi connectivity index (χ2n) is 3.60. The van der Waals surface area contributed by atoms with Gasteiger partial charge < -0.3 is 4.98 Å². The molecule has 4 nitrogen and oxygen atoms in total. The van der Waals surface area contributed by atoms with Crippen molar-refractivity contribution in [3.05, 3.63) is 30.0 Å². The van der Waals surface area contributed by atoms with E-state index in [1.165, 1.54) is 12.3 Å². The largest absolute Gasteiger partial charge is 0.416 e. The number of alkyl halides is 3. The zero-order valence-electron chi connectivity index (χ0n) is 8.69. The second-order valence-corrected chi connectivity index (χ2v) is 4.38. The first kappa shape index (κ1) is 11.1. The summed E-state index contributed by atoms with van der Waals surface area (Å²) < 4.78 is 41.3. The number of imidazole rings is 1. The van der Waals surface area contributed by atoms with Crippen molar-refractivity contribution in [3.63, 3.8) is 0 Å². The first-order valence-electron chi connectivity index (χ1n) is 4.89. The Balaban J connectivity index is 2.13. The molecule has 0 atom stereocenters. The van der Waals surface area contributed by atoms with Crippen LogP contribution >= 0.6 is 11.5 Å². The molecule has 8 heteroatoms. The van der Waals surface area contributed by atoms with E-state index in [-0.39, 0.29) is 0 Å². The van der Waals surface area contributed by atoms with Crippen molar-refractivity contribution >= 4 is 22.6 Å². The fourth-order valence-corrected chi connectivity index (χ4v) is 2.03. The summed E-state index contributed by atoms with van der Waals surface area (Å²) >= 11 is 1.12. The lowest BCUT2D eigenvalue weighted by molar-refractivity contribution is -0.137. The fourth-order valence-electron chi connectivity index (χ4n) is 1.57. The van der Waals surface area contributed by atoms with Gasteiger partial charge in [0.1, 0.15) is 4.88 Å². The summed E-state index contributed by atoms with van der Waals surface area (Å²) in [5.74, 6) is 0.472. The van der Waals surface area contributed by atoms with Gasteiger partial charge in [-0.3, -0.25) is 0 Å². The molecule has 2 heterocycles. The highest BCUT2D eigenvalue weighted by molar-refractivity contribution is 7.09. The van der Waals surface area contributed by atoms with E-state index in [1.807, 2.05) is 0 Å². The maximum atomic E-state index is 12.5. The summed E-state index contributed by atoms with van der Waals surface area (Å²) in [4.78, 5) is 7.70. The summed E-state index contributed by atoms with van der Waals surface area (Å²) in [5, 5.41) is 3.65. The second kappa shape index (κ2) is 3.77. The SMILES string of the molecule is FC(F)(F)c1ccc2nc(-c3cnns3)[nH]c2c1. The van der Waals surface area contributed by atoms with Crippen LogP contribution in [-0.4, -0.2) is 19.6 Å². The number of aromatic nitrogens is 4. The maximum absolute atomic E-state index is 12.5. The highest BCUT2D eigenvalue weighted by atomic mass is 32.1. The van der Waals surface area contributed by atoms with Gasteiger partial charge in [0.2, 0.25) is 0 Å². The third kappa shape index (κ3) is 1.84. The Morgan fingerprint density at radius 1 is 1.22 bits per heavy atom. The average Bonchev–Trinajstić information content (AvgIpc) is 2.95.